The third-order valence-electron chi connectivity index (χ3n) is 3.19. The predicted octanol–water partition coefficient (Wildman–Crippen LogP) is 4.60. The van der Waals surface area contributed by atoms with Crippen molar-refractivity contribution in [3.05, 3.63) is 29.5 Å². The first-order chi connectivity index (χ1) is 10.2. The van der Waals surface area contributed by atoms with Crippen molar-refractivity contribution in [2.75, 3.05) is 13.4 Å². The Hall–Kier alpha value is -1.62. The molecule has 2 aromatic rings. The number of hydrogen-bond acceptors (Lipinski definition) is 4. The highest BCUT2D eigenvalue weighted by Crippen LogP contribution is 2.31. The van der Waals surface area contributed by atoms with Crippen LogP contribution in [-0.4, -0.2) is 29.6 Å². The van der Waals surface area contributed by atoms with Crippen LogP contribution in [0.15, 0.2) is 18.3 Å². The minimum atomic E-state index is -0.511. The molecule has 122 valence electrons. The van der Waals surface area contributed by atoms with Crippen LogP contribution in [0.5, 0.6) is 5.75 Å². The van der Waals surface area contributed by atoms with Crippen LogP contribution in [0.3, 0.4) is 0 Å². The average Bonchev–Trinajstić information content (AvgIpc) is 2.89. The average molecular weight is 323 g/mol. The van der Waals surface area contributed by atoms with Crippen LogP contribution in [0, 0.1) is 13.8 Å². The van der Waals surface area contributed by atoms with Gasteiger partial charge >= 0.3 is 6.09 Å². The molecule has 0 aliphatic carbocycles. The lowest BCUT2D eigenvalue weighted by Crippen LogP contribution is -2.26. The zero-order valence-electron chi connectivity index (χ0n) is 14.4. The smallest absolute Gasteiger partial charge is 0.419 e. The van der Waals surface area contributed by atoms with Gasteiger partial charge < -0.3 is 9.47 Å². The molecule has 0 N–H and O–H groups in total. The third kappa shape index (κ3) is 3.77. The molecular formula is C17H25NO3S. The molecule has 2 rings (SSSR count). The maximum absolute atomic E-state index is 12.3. The highest BCUT2D eigenvalue weighted by molar-refractivity contribution is 7.79. The van der Waals surface area contributed by atoms with Crippen molar-refractivity contribution in [2.45, 2.75) is 40.2 Å². The molecule has 1 aromatic heterocycles. The number of carbonyl (C=O) groups excluding carboxylic acids is 1. The van der Waals surface area contributed by atoms with Crippen molar-refractivity contribution in [1.82, 2.24) is 4.57 Å². The van der Waals surface area contributed by atoms with Crippen molar-refractivity contribution < 1.29 is 14.3 Å². The predicted molar refractivity (Wildman–Crippen MR) is 94.5 cm³/mol. The molecule has 0 saturated carbocycles. The van der Waals surface area contributed by atoms with Crippen LogP contribution in [0.4, 0.5) is 4.79 Å². The van der Waals surface area contributed by atoms with Gasteiger partial charge in [-0.2, -0.15) is 12.6 Å². The second-order valence-corrected chi connectivity index (χ2v) is 5.95. The number of aryl methyl sites for hydroxylation is 2. The summed E-state index contributed by atoms with van der Waals surface area (Å²) in [6.07, 6.45) is 3.08. The molecule has 0 fully saturated rings. The Morgan fingerprint density at radius 2 is 1.82 bits per heavy atom. The lowest BCUT2D eigenvalue weighted by Gasteiger charge is -2.20. The number of ether oxygens (including phenoxy) is 2. The number of nitrogens with zero attached hydrogens (tertiary/aromatic N) is 1. The lowest BCUT2D eigenvalue weighted by molar-refractivity contribution is 0.0544. The highest BCUT2D eigenvalue weighted by Gasteiger charge is 2.21. The van der Waals surface area contributed by atoms with E-state index in [1.165, 1.54) is 0 Å². The van der Waals surface area contributed by atoms with Gasteiger partial charge in [0.25, 0.3) is 0 Å². The zero-order valence-corrected chi connectivity index (χ0v) is 15.2. The summed E-state index contributed by atoms with van der Waals surface area (Å²) in [7, 11) is 1.65. The quantitative estimate of drug-likeness (QED) is 0.780. The minimum Gasteiger partial charge on any atom is -0.496 e. The van der Waals surface area contributed by atoms with E-state index in [-0.39, 0.29) is 6.09 Å². The maximum atomic E-state index is 12.3. The molecule has 0 saturated heterocycles. The molecule has 4 nitrogen and oxygen atoms in total. The number of aromatic nitrogens is 1. The van der Waals surface area contributed by atoms with Crippen LogP contribution in [-0.2, 0) is 4.74 Å². The second-order valence-electron chi connectivity index (χ2n) is 5.95. The molecule has 0 amide bonds. The fourth-order valence-corrected chi connectivity index (χ4v) is 2.32. The summed E-state index contributed by atoms with van der Waals surface area (Å²) in [4.78, 5) is 12.3. The molecule has 22 heavy (non-hydrogen) atoms. The van der Waals surface area contributed by atoms with E-state index in [4.69, 9.17) is 9.47 Å². The van der Waals surface area contributed by atoms with Gasteiger partial charge in [0.2, 0.25) is 0 Å². The molecule has 1 heterocycles. The Morgan fingerprint density at radius 1 is 1.23 bits per heavy atom. The van der Waals surface area contributed by atoms with Crippen molar-refractivity contribution in [3.63, 3.8) is 0 Å². The Morgan fingerprint density at radius 3 is 2.32 bits per heavy atom. The fourth-order valence-electron chi connectivity index (χ4n) is 2.32. The SMILES string of the molecule is COc1cc(C)c2c(ccn2C(=O)OC(C)(C)C)c1C.CS. The second kappa shape index (κ2) is 7.09. The summed E-state index contributed by atoms with van der Waals surface area (Å²) in [5.74, 6) is 0.830. The van der Waals surface area contributed by atoms with Gasteiger partial charge in [0.05, 0.1) is 12.6 Å². The van der Waals surface area contributed by atoms with Gasteiger partial charge in [-0.05, 0) is 58.6 Å². The Balaban J connectivity index is 0.00000116. The summed E-state index contributed by atoms with van der Waals surface area (Å²) >= 11 is 3.53. The number of rotatable bonds is 1. The van der Waals surface area contributed by atoms with E-state index in [2.05, 4.69) is 12.6 Å². The fraction of sp³-hybridized carbons (Fsp3) is 0.471. The van der Waals surface area contributed by atoms with E-state index < -0.39 is 5.60 Å². The first-order valence-corrected chi connectivity index (χ1v) is 7.97. The molecular weight excluding hydrogens is 298 g/mol. The van der Waals surface area contributed by atoms with Crippen LogP contribution in [0.1, 0.15) is 31.9 Å². The summed E-state index contributed by atoms with van der Waals surface area (Å²) in [6, 6.07) is 3.86. The standard InChI is InChI=1S/C16H21NO3.CH4S/c1-10-9-13(19-6)11(2)12-7-8-17(14(10)12)15(18)20-16(3,4)5;1-2/h7-9H,1-6H3;2H,1H3. The summed E-state index contributed by atoms with van der Waals surface area (Å²) in [6.45, 7) is 9.53. The van der Waals surface area contributed by atoms with E-state index in [0.29, 0.717) is 0 Å². The third-order valence-corrected chi connectivity index (χ3v) is 3.19. The first kappa shape index (κ1) is 18.4. The van der Waals surface area contributed by atoms with E-state index in [9.17, 15) is 4.79 Å². The van der Waals surface area contributed by atoms with E-state index in [1.807, 2.05) is 46.8 Å². The van der Waals surface area contributed by atoms with Gasteiger partial charge in [-0.1, -0.05) is 0 Å². The number of thiol groups is 1. The van der Waals surface area contributed by atoms with Crippen molar-refractivity contribution >= 4 is 29.6 Å². The van der Waals surface area contributed by atoms with Gasteiger partial charge in [0.1, 0.15) is 11.4 Å². The molecule has 0 aliphatic heterocycles. The number of methoxy groups -OCH3 is 1. The van der Waals surface area contributed by atoms with Gasteiger partial charge in [0.15, 0.2) is 0 Å². The van der Waals surface area contributed by atoms with Gasteiger partial charge in [-0.15, -0.1) is 0 Å². The minimum absolute atomic E-state index is 0.361. The number of fused-ring (bicyclic) bond motifs is 1. The maximum Gasteiger partial charge on any atom is 0.419 e. The molecule has 1 aromatic carbocycles. The lowest BCUT2D eigenvalue weighted by atomic mass is 10.1. The molecule has 0 atom stereocenters. The monoisotopic (exact) mass is 323 g/mol. The van der Waals surface area contributed by atoms with Crippen LogP contribution >= 0.6 is 12.6 Å². The molecule has 0 aliphatic rings. The normalized spacial score (nSPS) is 10.9. The Labute approximate surface area is 137 Å². The summed E-state index contributed by atoms with van der Waals surface area (Å²) in [5, 5.41) is 1.01. The van der Waals surface area contributed by atoms with Gasteiger partial charge in [-0.25, -0.2) is 4.79 Å². The molecule has 0 spiro atoms. The first-order valence-electron chi connectivity index (χ1n) is 7.08. The van der Waals surface area contributed by atoms with E-state index in [0.717, 1.165) is 27.8 Å². The number of hydrogen-bond donors (Lipinski definition) is 1. The van der Waals surface area contributed by atoms with Gasteiger partial charge in [0, 0.05) is 17.1 Å². The molecule has 0 bridgehead atoms. The number of benzene rings is 1. The topological polar surface area (TPSA) is 40.5 Å². The molecule has 5 heteroatoms. The Bertz CT molecular complexity index is 669. The van der Waals surface area contributed by atoms with E-state index >= 15 is 0 Å². The zero-order chi connectivity index (χ0) is 17.1. The Kier molecular flexibility index (Phi) is 5.94. The van der Waals surface area contributed by atoms with Crippen molar-refractivity contribution in [2.24, 2.45) is 0 Å². The van der Waals surface area contributed by atoms with Crippen LogP contribution in [0.2, 0.25) is 0 Å². The molecule has 0 unspecified atom stereocenters. The summed E-state index contributed by atoms with van der Waals surface area (Å²) < 4.78 is 12.4. The molecule has 0 radical (unpaired) electrons. The van der Waals surface area contributed by atoms with Crippen LogP contribution in [0.25, 0.3) is 10.9 Å². The van der Waals surface area contributed by atoms with Crippen LogP contribution < -0.4 is 4.74 Å². The largest absolute Gasteiger partial charge is 0.496 e. The van der Waals surface area contributed by atoms with Gasteiger partial charge in [-0.3, -0.25) is 4.57 Å². The summed E-state index contributed by atoms with van der Waals surface area (Å²) in [5.41, 5.74) is 2.37. The van der Waals surface area contributed by atoms with Crippen molar-refractivity contribution in [3.8, 4) is 5.75 Å². The van der Waals surface area contributed by atoms with Crippen molar-refractivity contribution in [1.29, 1.82) is 0 Å². The van der Waals surface area contributed by atoms with E-state index in [1.54, 1.807) is 24.1 Å². The number of carbonyl (C=O) groups is 1. The highest BCUT2D eigenvalue weighted by atomic mass is 32.1.